The number of halogens is 1. The number of nitrogens with two attached hydrogens (primary N) is 1. The van der Waals surface area contributed by atoms with Crippen LogP contribution in [0.4, 0.5) is 11.4 Å². The summed E-state index contributed by atoms with van der Waals surface area (Å²) in [6.07, 6.45) is 0. The molecule has 3 atom stereocenters. The van der Waals surface area contributed by atoms with E-state index in [0.29, 0.717) is 6.54 Å². The lowest BCUT2D eigenvalue weighted by atomic mass is 10.3. The number of nitro benzene ring substituents is 2. The largest absolute Gasteiger partial charge is 0.395 e. The molecule has 0 radical (unpaired) electrons. The number of rotatable bonds is 6. The minimum absolute atomic E-state index is 0.0280. The molecule has 34 heavy (non-hydrogen) atoms. The monoisotopic (exact) mass is 538 g/mol. The van der Waals surface area contributed by atoms with E-state index in [4.69, 9.17) is 21.5 Å². The Morgan fingerprint density at radius 2 is 1.32 bits per heavy atom. The fourth-order valence-electron chi connectivity index (χ4n) is 2.15. The van der Waals surface area contributed by atoms with E-state index in [1.807, 2.05) is 6.92 Å². The molecular formula is C18H23ClN4O9S2. The van der Waals surface area contributed by atoms with Crippen LogP contribution in [0, 0.1) is 20.2 Å². The molecule has 16 heteroatoms. The molecule has 3 rings (SSSR count). The smallest absolute Gasteiger partial charge is 0.269 e. The zero-order valence-corrected chi connectivity index (χ0v) is 20.4. The third-order valence-corrected chi connectivity index (χ3v) is 7.44. The fourth-order valence-corrected chi connectivity index (χ4v) is 4.56. The van der Waals surface area contributed by atoms with Crippen LogP contribution in [0.2, 0.25) is 0 Å². The Labute approximate surface area is 200 Å². The lowest BCUT2D eigenvalue weighted by Gasteiger charge is -2.04. The number of nitrogens with zero attached hydrogens (tertiary/aromatic N) is 3. The Kier molecular flexibility index (Phi) is 10.5. The third kappa shape index (κ3) is 8.92. The first-order valence-electron chi connectivity index (χ1n) is 9.43. The SMILES string of the molecule is C[C@@H](N)CO.C[C@@H]1CN1S(=O)(=O)c1ccc([N+](=O)[O-])cc1.O=[N+]([O-])c1ccc(S(=O)(=O)Cl)cc1. The highest BCUT2D eigenvalue weighted by atomic mass is 35.7. The Bertz CT molecular complexity index is 1200. The normalized spacial score (nSPS) is 17.8. The first kappa shape index (κ1) is 29.3. The molecule has 1 aliphatic heterocycles. The molecule has 0 aromatic heterocycles. The number of nitro groups is 2. The molecule has 0 aliphatic carbocycles. The topological polar surface area (TPSA) is 204 Å². The molecule has 1 heterocycles. The fraction of sp³-hybridized carbons (Fsp3) is 0.333. The summed E-state index contributed by atoms with van der Waals surface area (Å²) in [6, 6.07) is 9.21. The zero-order chi connectivity index (χ0) is 26.3. The Hall–Kier alpha value is -2.69. The Morgan fingerprint density at radius 3 is 1.56 bits per heavy atom. The van der Waals surface area contributed by atoms with Gasteiger partial charge >= 0.3 is 0 Å². The number of hydrogen-bond acceptors (Lipinski definition) is 10. The number of aliphatic hydroxyl groups excluding tert-OH is 1. The van der Waals surface area contributed by atoms with E-state index in [1.54, 1.807) is 6.92 Å². The Balaban J connectivity index is 0.000000289. The first-order valence-corrected chi connectivity index (χ1v) is 13.2. The van der Waals surface area contributed by atoms with E-state index in [9.17, 15) is 37.1 Å². The molecule has 0 saturated carbocycles. The maximum atomic E-state index is 11.8. The van der Waals surface area contributed by atoms with Crippen molar-refractivity contribution < 1.29 is 31.8 Å². The van der Waals surface area contributed by atoms with Crippen molar-refractivity contribution in [1.82, 2.24) is 4.31 Å². The quantitative estimate of drug-likeness (QED) is 0.236. The van der Waals surface area contributed by atoms with Crippen molar-refractivity contribution in [1.29, 1.82) is 0 Å². The standard InChI is InChI=1S/C9H10N2O4S.C6H4ClNO4S.C3H9NO/c1-7-6-10(7)16(14,15)9-4-2-8(3-5-9)11(12)13;7-13(11,12)6-3-1-5(2-4-6)8(9)10;1-3(4)2-5/h2-5,7H,6H2,1H3;1-4H;3,5H,2,4H2,1H3/t7-,10?;;3-/m1.1/s1. The highest BCUT2D eigenvalue weighted by Crippen LogP contribution is 2.28. The van der Waals surface area contributed by atoms with E-state index in [1.165, 1.54) is 28.6 Å². The molecule has 188 valence electrons. The second-order valence-electron chi connectivity index (χ2n) is 7.02. The number of benzene rings is 2. The van der Waals surface area contributed by atoms with Crippen molar-refractivity contribution in [2.75, 3.05) is 13.2 Å². The van der Waals surface area contributed by atoms with Gasteiger partial charge in [0, 0.05) is 53.6 Å². The highest BCUT2D eigenvalue weighted by molar-refractivity contribution is 8.13. The van der Waals surface area contributed by atoms with Crippen LogP contribution in [0.15, 0.2) is 58.3 Å². The Morgan fingerprint density at radius 1 is 1.00 bits per heavy atom. The van der Waals surface area contributed by atoms with Gasteiger partial charge in [0.05, 0.1) is 26.2 Å². The van der Waals surface area contributed by atoms with Crippen LogP contribution in [-0.4, -0.2) is 61.3 Å². The molecule has 1 unspecified atom stereocenters. The van der Waals surface area contributed by atoms with Crippen molar-refractivity contribution in [3.05, 3.63) is 68.8 Å². The summed E-state index contributed by atoms with van der Waals surface area (Å²) < 4.78 is 46.4. The van der Waals surface area contributed by atoms with Crippen LogP contribution in [-0.2, 0) is 19.1 Å². The van der Waals surface area contributed by atoms with E-state index in [0.717, 1.165) is 24.3 Å². The molecule has 0 amide bonds. The van der Waals surface area contributed by atoms with Gasteiger partial charge in [0.15, 0.2) is 0 Å². The van der Waals surface area contributed by atoms with E-state index >= 15 is 0 Å². The van der Waals surface area contributed by atoms with E-state index in [2.05, 4.69) is 0 Å². The summed E-state index contributed by atoms with van der Waals surface area (Å²) in [5.74, 6) is 0. The van der Waals surface area contributed by atoms with Crippen LogP contribution >= 0.6 is 10.7 Å². The summed E-state index contributed by atoms with van der Waals surface area (Å²) in [5, 5.41) is 28.6. The van der Waals surface area contributed by atoms with Gasteiger partial charge in [-0.15, -0.1) is 0 Å². The molecule has 1 fully saturated rings. The van der Waals surface area contributed by atoms with Gasteiger partial charge in [-0.3, -0.25) is 20.2 Å². The van der Waals surface area contributed by atoms with Crippen LogP contribution in [0.3, 0.4) is 0 Å². The molecule has 0 spiro atoms. The maximum Gasteiger partial charge on any atom is 0.269 e. The zero-order valence-electron chi connectivity index (χ0n) is 18.0. The minimum Gasteiger partial charge on any atom is -0.395 e. The molecule has 2 aromatic carbocycles. The average molecular weight is 539 g/mol. The van der Waals surface area contributed by atoms with Gasteiger partial charge in [0.1, 0.15) is 0 Å². The predicted octanol–water partition coefficient (Wildman–Crippen LogP) is 1.84. The van der Waals surface area contributed by atoms with Gasteiger partial charge in [-0.25, -0.2) is 16.8 Å². The van der Waals surface area contributed by atoms with Gasteiger partial charge < -0.3 is 10.8 Å². The molecule has 13 nitrogen and oxygen atoms in total. The summed E-state index contributed by atoms with van der Waals surface area (Å²) in [4.78, 5) is 19.4. The van der Waals surface area contributed by atoms with Crippen molar-refractivity contribution in [3.8, 4) is 0 Å². The predicted molar refractivity (Wildman–Crippen MR) is 123 cm³/mol. The van der Waals surface area contributed by atoms with Gasteiger partial charge in [0.25, 0.3) is 20.4 Å². The van der Waals surface area contributed by atoms with Gasteiger partial charge in [-0.1, -0.05) is 0 Å². The summed E-state index contributed by atoms with van der Waals surface area (Å²) in [7, 11) is -2.25. The van der Waals surface area contributed by atoms with E-state index < -0.39 is 28.9 Å². The molecule has 0 bridgehead atoms. The van der Waals surface area contributed by atoms with Crippen LogP contribution in [0.1, 0.15) is 13.8 Å². The van der Waals surface area contributed by atoms with Crippen LogP contribution < -0.4 is 5.73 Å². The lowest BCUT2D eigenvalue weighted by Crippen LogP contribution is -2.18. The van der Waals surface area contributed by atoms with Gasteiger partial charge in [-0.05, 0) is 38.1 Å². The number of aliphatic hydroxyl groups is 1. The molecule has 3 N–H and O–H groups in total. The maximum absolute atomic E-state index is 11.8. The lowest BCUT2D eigenvalue weighted by molar-refractivity contribution is -0.385. The van der Waals surface area contributed by atoms with Crippen molar-refractivity contribution in [2.24, 2.45) is 5.73 Å². The second kappa shape index (κ2) is 12.1. The van der Waals surface area contributed by atoms with Crippen molar-refractivity contribution >= 4 is 41.1 Å². The van der Waals surface area contributed by atoms with Crippen molar-refractivity contribution in [3.63, 3.8) is 0 Å². The number of sulfonamides is 1. The van der Waals surface area contributed by atoms with Crippen LogP contribution in [0.5, 0.6) is 0 Å². The van der Waals surface area contributed by atoms with Crippen LogP contribution in [0.25, 0.3) is 0 Å². The second-order valence-corrected chi connectivity index (χ2v) is 11.5. The molecule has 1 saturated heterocycles. The van der Waals surface area contributed by atoms with Gasteiger partial charge in [0.2, 0.25) is 10.0 Å². The molecular weight excluding hydrogens is 516 g/mol. The van der Waals surface area contributed by atoms with Gasteiger partial charge in [-0.2, -0.15) is 4.31 Å². The van der Waals surface area contributed by atoms with E-state index in [-0.39, 0.29) is 39.9 Å². The minimum atomic E-state index is -3.80. The third-order valence-electron chi connectivity index (χ3n) is 4.07. The molecule has 2 aromatic rings. The summed E-state index contributed by atoms with van der Waals surface area (Å²) in [5.41, 5.74) is 4.75. The number of hydrogen-bond donors (Lipinski definition) is 2. The average Bonchev–Trinajstić information content (AvgIpc) is 3.51. The number of non-ortho nitro benzene ring substituents is 2. The summed E-state index contributed by atoms with van der Waals surface area (Å²) in [6.45, 7) is 4.16. The first-order chi connectivity index (χ1) is 15.6. The molecule has 1 aliphatic rings. The highest BCUT2D eigenvalue weighted by Gasteiger charge is 2.41. The van der Waals surface area contributed by atoms with Crippen molar-refractivity contribution in [2.45, 2.75) is 35.7 Å². The summed E-state index contributed by atoms with van der Waals surface area (Å²) >= 11 is 0.